The zero-order valence-electron chi connectivity index (χ0n) is 20.4. The first-order valence-electron chi connectivity index (χ1n) is 11.7. The molecule has 2 aliphatic rings. The van der Waals surface area contributed by atoms with Gasteiger partial charge < -0.3 is 19.4 Å². The molecule has 2 unspecified atom stereocenters. The van der Waals surface area contributed by atoms with Crippen molar-refractivity contribution >= 4 is 5.97 Å². The molecular formula is C25H41N2O4+. The van der Waals surface area contributed by atoms with Gasteiger partial charge in [0, 0.05) is 29.4 Å². The number of fused-ring (bicyclic) bond motifs is 5. The Labute approximate surface area is 187 Å². The third kappa shape index (κ3) is 5.11. The fourth-order valence-corrected chi connectivity index (χ4v) is 5.21. The van der Waals surface area contributed by atoms with E-state index in [9.17, 15) is 15.0 Å². The van der Waals surface area contributed by atoms with E-state index in [4.69, 9.17) is 4.74 Å². The molecule has 0 saturated heterocycles. The van der Waals surface area contributed by atoms with Crippen LogP contribution in [0.3, 0.4) is 0 Å². The van der Waals surface area contributed by atoms with E-state index in [0.29, 0.717) is 23.4 Å². The minimum atomic E-state index is -0.449. The monoisotopic (exact) mass is 433 g/mol. The van der Waals surface area contributed by atoms with Gasteiger partial charge in [-0.05, 0) is 39.5 Å². The van der Waals surface area contributed by atoms with Crippen molar-refractivity contribution in [1.82, 2.24) is 4.57 Å². The number of hydrogen-bond acceptors (Lipinski definition) is 4. The highest BCUT2D eigenvalue weighted by Crippen LogP contribution is 2.62. The number of likely N-dealkylation sites (N-methyl/N-ethyl adjacent to an activating group) is 1. The lowest BCUT2D eigenvalue weighted by molar-refractivity contribution is -0.891. The van der Waals surface area contributed by atoms with Crippen LogP contribution in [-0.2, 0) is 16.1 Å². The van der Waals surface area contributed by atoms with Gasteiger partial charge in [0.25, 0.3) is 0 Å². The number of nitrogens with zero attached hydrogens (tertiary/aromatic N) is 2. The largest absolute Gasteiger partial charge is 0.494 e. The van der Waals surface area contributed by atoms with Crippen LogP contribution >= 0.6 is 0 Å². The van der Waals surface area contributed by atoms with Crippen LogP contribution in [0, 0.1) is 5.92 Å². The Kier molecular flexibility index (Phi) is 6.52. The molecule has 1 fully saturated rings. The van der Waals surface area contributed by atoms with E-state index in [2.05, 4.69) is 34.0 Å². The van der Waals surface area contributed by atoms with Crippen molar-refractivity contribution in [2.24, 2.45) is 5.92 Å². The van der Waals surface area contributed by atoms with Gasteiger partial charge in [0.2, 0.25) is 0 Å². The lowest BCUT2D eigenvalue weighted by Gasteiger charge is -2.30. The summed E-state index contributed by atoms with van der Waals surface area (Å²) in [5.74, 6) is 1.30. The SMILES string of the molecule is CC(C)C=C1C2CCC1c1c2c(O)n(CC[N+](C)(C)CCCC(=O)OC(C)(C)C)c1O. The van der Waals surface area contributed by atoms with Gasteiger partial charge in [-0.25, -0.2) is 0 Å². The fourth-order valence-electron chi connectivity index (χ4n) is 5.21. The molecule has 1 aromatic rings. The minimum absolute atomic E-state index is 0.162. The molecule has 1 saturated carbocycles. The number of carbonyl (C=O) groups is 1. The van der Waals surface area contributed by atoms with Crippen molar-refractivity contribution < 1.29 is 24.2 Å². The van der Waals surface area contributed by atoms with Gasteiger partial charge in [0.15, 0.2) is 11.8 Å². The van der Waals surface area contributed by atoms with E-state index in [1.54, 1.807) is 4.57 Å². The van der Waals surface area contributed by atoms with Crippen LogP contribution in [0.2, 0.25) is 0 Å². The second-order valence-corrected chi connectivity index (χ2v) is 11.3. The highest BCUT2D eigenvalue weighted by Gasteiger charge is 2.47. The summed E-state index contributed by atoms with van der Waals surface area (Å²) in [6, 6.07) is 0. The first kappa shape index (κ1) is 23.7. The molecule has 1 aromatic heterocycles. The van der Waals surface area contributed by atoms with Crippen molar-refractivity contribution in [2.75, 3.05) is 27.2 Å². The summed E-state index contributed by atoms with van der Waals surface area (Å²) in [5.41, 5.74) is 2.84. The number of carbonyl (C=O) groups excluding carboxylic acids is 1. The van der Waals surface area contributed by atoms with Crippen molar-refractivity contribution in [1.29, 1.82) is 0 Å². The molecule has 0 aliphatic heterocycles. The summed E-state index contributed by atoms with van der Waals surface area (Å²) in [4.78, 5) is 11.9. The Morgan fingerprint density at radius 3 is 2.16 bits per heavy atom. The molecular weight excluding hydrogens is 392 g/mol. The Balaban J connectivity index is 1.62. The van der Waals surface area contributed by atoms with Crippen molar-refractivity contribution in [3.8, 4) is 11.8 Å². The minimum Gasteiger partial charge on any atom is -0.494 e. The van der Waals surface area contributed by atoms with Gasteiger partial charge in [-0.15, -0.1) is 0 Å². The standard InChI is InChI=1S/C25H40N2O4/c1-16(2)15-19-17-10-11-18(19)22-21(17)23(29)26(24(22)30)12-14-27(6,7)13-8-9-20(28)31-25(3,4)5/h15-18H,8-14H2,1-7H3,(H-,29,30)/p+1. The van der Waals surface area contributed by atoms with Gasteiger partial charge in [-0.1, -0.05) is 25.5 Å². The maximum absolute atomic E-state index is 11.9. The third-order valence-corrected chi connectivity index (χ3v) is 6.55. The Hall–Kier alpha value is -1.95. The van der Waals surface area contributed by atoms with Crippen molar-refractivity contribution in [3.05, 3.63) is 22.8 Å². The van der Waals surface area contributed by atoms with E-state index >= 15 is 0 Å². The molecule has 31 heavy (non-hydrogen) atoms. The maximum Gasteiger partial charge on any atom is 0.306 e. The number of hydrogen-bond donors (Lipinski definition) is 2. The molecule has 3 rings (SSSR count). The quantitative estimate of drug-likeness (QED) is 0.355. The van der Waals surface area contributed by atoms with E-state index in [1.807, 2.05) is 20.8 Å². The number of esters is 1. The smallest absolute Gasteiger partial charge is 0.306 e. The first-order valence-corrected chi connectivity index (χ1v) is 11.7. The molecule has 0 aromatic carbocycles. The first-order chi connectivity index (χ1) is 14.3. The normalized spacial score (nSPS) is 20.5. The Bertz CT molecular complexity index is 820. The van der Waals surface area contributed by atoms with Gasteiger partial charge in [0.1, 0.15) is 5.60 Å². The Morgan fingerprint density at radius 2 is 1.68 bits per heavy atom. The summed E-state index contributed by atoms with van der Waals surface area (Å²) in [6.07, 6.45) is 5.58. The van der Waals surface area contributed by atoms with Crippen molar-refractivity contribution in [3.63, 3.8) is 0 Å². The summed E-state index contributed by atoms with van der Waals surface area (Å²) in [6.45, 7) is 12.1. The van der Waals surface area contributed by atoms with Gasteiger partial charge >= 0.3 is 5.97 Å². The Morgan fingerprint density at radius 1 is 1.13 bits per heavy atom. The summed E-state index contributed by atoms with van der Waals surface area (Å²) >= 11 is 0. The van der Waals surface area contributed by atoms with Crippen LogP contribution < -0.4 is 0 Å². The number of quaternary nitrogens is 1. The predicted octanol–water partition coefficient (Wildman–Crippen LogP) is 4.65. The van der Waals surface area contributed by atoms with Crippen molar-refractivity contribution in [2.45, 2.75) is 84.3 Å². The molecule has 2 bridgehead atoms. The molecule has 0 spiro atoms. The number of aromatic hydroxyl groups is 2. The second kappa shape index (κ2) is 8.53. The average Bonchev–Trinajstić information content (AvgIpc) is 3.21. The highest BCUT2D eigenvalue weighted by molar-refractivity contribution is 5.69. The predicted molar refractivity (Wildman–Crippen MR) is 122 cm³/mol. The number of ether oxygens (including phenoxy) is 1. The maximum atomic E-state index is 11.9. The number of allylic oxidation sites excluding steroid dienone is 2. The van der Waals surface area contributed by atoms with Crippen LogP contribution in [0.25, 0.3) is 0 Å². The lowest BCUT2D eigenvalue weighted by Crippen LogP contribution is -2.43. The van der Waals surface area contributed by atoms with E-state index < -0.39 is 5.60 Å². The van der Waals surface area contributed by atoms with Gasteiger partial charge in [0.05, 0.1) is 40.2 Å². The lowest BCUT2D eigenvalue weighted by atomic mass is 9.95. The average molecular weight is 434 g/mol. The van der Waals surface area contributed by atoms with Crippen LogP contribution in [0.4, 0.5) is 0 Å². The van der Waals surface area contributed by atoms with Crippen LogP contribution in [0.1, 0.15) is 83.3 Å². The molecule has 0 amide bonds. The summed E-state index contributed by atoms with van der Waals surface area (Å²) in [5, 5.41) is 21.9. The van der Waals surface area contributed by atoms with Crippen LogP contribution in [0.15, 0.2) is 11.6 Å². The van der Waals surface area contributed by atoms with Crippen LogP contribution in [0.5, 0.6) is 11.8 Å². The van der Waals surface area contributed by atoms with E-state index in [1.165, 1.54) is 5.57 Å². The second-order valence-electron chi connectivity index (χ2n) is 11.3. The number of aromatic nitrogens is 1. The zero-order valence-corrected chi connectivity index (χ0v) is 20.4. The summed E-state index contributed by atoms with van der Waals surface area (Å²) < 4.78 is 7.78. The van der Waals surface area contributed by atoms with Gasteiger partial charge in [-0.2, -0.15) is 0 Å². The molecule has 2 N–H and O–H groups in total. The molecule has 2 atom stereocenters. The van der Waals surface area contributed by atoms with Crippen LogP contribution in [-0.4, -0.2) is 58.0 Å². The van der Waals surface area contributed by atoms with E-state index in [-0.39, 0.29) is 29.6 Å². The molecule has 1 heterocycles. The van der Waals surface area contributed by atoms with Gasteiger partial charge in [-0.3, -0.25) is 9.36 Å². The number of rotatable bonds is 8. The molecule has 2 aliphatic carbocycles. The zero-order chi connectivity index (χ0) is 23.1. The molecule has 174 valence electrons. The fraction of sp³-hybridized carbons (Fsp3) is 0.720. The molecule has 6 heteroatoms. The molecule has 6 nitrogen and oxygen atoms in total. The topological polar surface area (TPSA) is 71.7 Å². The molecule has 0 radical (unpaired) electrons. The third-order valence-electron chi connectivity index (χ3n) is 6.55. The highest BCUT2D eigenvalue weighted by atomic mass is 16.6. The van der Waals surface area contributed by atoms with E-state index in [0.717, 1.165) is 43.5 Å². The summed E-state index contributed by atoms with van der Waals surface area (Å²) in [7, 11) is 4.24.